The van der Waals surface area contributed by atoms with Crippen LogP contribution >= 0.6 is 0 Å². The Bertz CT molecular complexity index is 730. The molecule has 0 aromatic heterocycles. The summed E-state index contributed by atoms with van der Waals surface area (Å²) >= 11 is 0. The number of carbonyl (C=O) groups is 2. The number of rotatable bonds is 4. The van der Waals surface area contributed by atoms with Crippen LogP contribution in [0.1, 0.15) is 44.9 Å². The van der Waals surface area contributed by atoms with Crippen molar-refractivity contribution in [2.24, 2.45) is 0 Å². The molecule has 1 aromatic carbocycles. The summed E-state index contributed by atoms with van der Waals surface area (Å²) < 4.78 is 40.9. The van der Waals surface area contributed by atoms with Gasteiger partial charge in [0, 0.05) is 36.9 Å². The van der Waals surface area contributed by atoms with Gasteiger partial charge in [-0.3, -0.25) is 0 Å². The highest BCUT2D eigenvalue weighted by Gasteiger charge is 2.31. The highest BCUT2D eigenvalue weighted by atomic mass is 19.4. The highest BCUT2D eigenvalue weighted by Crippen LogP contribution is 2.25. The Labute approximate surface area is 173 Å². The van der Waals surface area contributed by atoms with Gasteiger partial charge >= 0.3 is 18.4 Å². The monoisotopic (exact) mass is 428 g/mol. The molecular formula is C20H27F3N4O3. The van der Waals surface area contributed by atoms with E-state index in [4.69, 9.17) is 0 Å². The number of hydrogen-bond donors (Lipinski definition) is 3. The molecule has 1 saturated heterocycles. The zero-order valence-corrected chi connectivity index (χ0v) is 16.6. The van der Waals surface area contributed by atoms with Crippen molar-refractivity contribution in [3.05, 3.63) is 24.3 Å². The molecule has 1 heterocycles. The number of hydrogen-bond acceptors (Lipinski definition) is 3. The van der Waals surface area contributed by atoms with Crippen molar-refractivity contribution < 1.29 is 27.5 Å². The van der Waals surface area contributed by atoms with E-state index in [1.807, 2.05) is 0 Å². The van der Waals surface area contributed by atoms with Crippen molar-refractivity contribution in [2.45, 2.75) is 63.4 Å². The molecule has 0 unspecified atom stereocenters. The van der Waals surface area contributed by atoms with E-state index in [0.717, 1.165) is 31.7 Å². The molecule has 30 heavy (non-hydrogen) atoms. The minimum absolute atomic E-state index is 0.0128. The number of halogens is 3. The quantitative estimate of drug-likeness (QED) is 0.672. The molecule has 3 rings (SSSR count). The summed E-state index contributed by atoms with van der Waals surface area (Å²) in [6, 6.07) is 4.81. The Balaban J connectivity index is 1.42. The van der Waals surface area contributed by atoms with Gasteiger partial charge in [-0.1, -0.05) is 25.3 Å². The first-order chi connectivity index (χ1) is 14.3. The number of alkyl halides is 3. The van der Waals surface area contributed by atoms with Gasteiger partial charge in [-0.05, 0) is 37.8 Å². The summed E-state index contributed by atoms with van der Waals surface area (Å²) in [7, 11) is 0. The van der Waals surface area contributed by atoms with Crippen LogP contribution in [0.2, 0.25) is 0 Å². The summed E-state index contributed by atoms with van der Waals surface area (Å²) in [5.74, 6) is -0.396. The van der Waals surface area contributed by atoms with Crippen molar-refractivity contribution in [2.75, 3.05) is 18.4 Å². The van der Waals surface area contributed by atoms with Crippen molar-refractivity contribution in [3.63, 3.8) is 0 Å². The molecule has 2 fully saturated rings. The van der Waals surface area contributed by atoms with Gasteiger partial charge in [0.25, 0.3) is 0 Å². The zero-order chi connectivity index (χ0) is 21.6. The maximum absolute atomic E-state index is 12.4. The first-order valence-electron chi connectivity index (χ1n) is 10.3. The van der Waals surface area contributed by atoms with E-state index in [9.17, 15) is 22.8 Å². The lowest BCUT2D eigenvalue weighted by Gasteiger charge is -2.33. The van der Waals surface area contributed by atoms with E-state index >= 15 is 0 Å². The molecule has 1 saturated carbocycles. The van der Waals surface area contributed by atoms with Crippen LogP contribution in [-0.4, -0.2) is 48.5 Å². The summed E-state index contributed by atoms with van der Waals surface area (Å²) in [6.45, 7) is 0.887. The van der Waals surface area contributed by atoms with Gasteiger partial charge in [0.1, 0.15) is 5.75 Å². The number of piperidine rings is 1. The van der Waals surface area contributed by atoms with Crippen molar-refractivity contribution in [1.29, 1.82) is 0 Å². The van der Waals surface area contributed by atoms with E-state index in [1.54, 1.807) is 4.90 Å². The van der Waals surface area contributed by atoms with Gasteiger partial charge in [-0.15, -0.1) is 13.2 Å². The number of ether oxygens (including phenoxy) is 1. The lowest BCUT2D eigenvalue weighted by atomic mass is 9.96. The number of nitrogens with one attached hydrogen (secondary N) is 3. The SMILES string of the molecule is O=C(NC1CCCCC1)NC1CCN(C(=O)Nc2cccc(OC(F)(F)F)c2)CC1. The van der Waals surface area contributed by atoms with E-state index in [0.29, 0.717) is 25.9 Å². The molecule has 0 spiro atoms. The van der Waals surface area contributed by atoms with Gasteiger partial charge in [-0.25, -0.2) is 9.59 Å². The van der Waals surface area contributed by atoms with Gasteiger partial charge in [0.15, 0.2) is 0 Å². The average Bonchev–Trinajstić information content (AvgIpc) is 2.68. The fourth-order valence-electron chi connectivity index (χ4n) is 3.86. The minimum Gasteiger partial charge on any atom is -0.406 e. The lowest BCUT2D eigenvalue weighted by molar-refractivity contribution is -0.274. The molecule has 10 heteroatoms. The molecule has 0 radical (unpaired) electrons. The number of benzene rings is 1. The van der Waals surface area contributed by atoms with Crippen LogP contribution in [0.4, 0.5) is 28.4 Å². The van der Waals surface area contributed by atoms with Gasteiger partial charge in [0.2, 0.25) is 0 Å². The Morgan fingerprint density at radius 1 is 0.967 bits per heavy atom. The normalized spacial score (nSPS) is 18.6. The third kappa shape index (κ3) is 7.00. The van der Waals surface area contributed by atoms with E-state index in [1.165, 1.54) is 24.6 Å². The fourth-order valence-corrected chi connectivity index (χ4v) is 3.86. The predicted octanol–water partition coefficient (Wildman–Crippen LogP) is 4.21. The molecule has 1 aliphatic carbocycles. The maximum Gasteiger partial charge on any atom is 0.573 e. The number of urea groups is 2. The van der Waals surface area contributed by atoms with Crippen LogP contribution in [0.15, 0.2) is 24.3 Å². The Morgan fingerprint density at radius 2 is 1.60 bits per heavy atom. The summed E-state index contributed by atoms with van der Waals surface area (Å²) in [6.07, 6.45) is 1.97. The number of anilines is 1. The molecule has 4 amide bonds. The third-order valence-corrected chi connectivity index (χ3v) is 5.38. The molecule has 3 N–H and O–H groups in total. The fraction of sp³-hybridized carbons (Fsp3) is 0.600. The largest absolute Gasteiger partial charge is 0.573 e. The highest BCUT2D eigenvalue weighted by molar-refractivity contribution is 5.89. The smallest absolute Gasteiger partial charge is 0.406 e. The maximum atomic E-state index is 12.4. The van der Waals surface area contributed by atoms with Gasteiger partial charge in [-0.2, -0.15) is 0 Å². The lowest BCUT2D eigenvalue weighted by Crippen LogP contribution is -2.51. The summed E-state index contributed by atoms with van der Waals surface area (Å²) in [5, 5.41) is 8.58. The van der Waals surface area contributed by atoms with Crippen LogP contribution in [-0.2, 0) is 0 Å². The topological polar surface area (TPSA) is 82.7 Å². The summed E-state index contributed by atoms with van der Waals surface area (Å²) in [5.41, 5.74) is 0.217. The molecular weight excluding hydrogens is 401 g/mol. The molecule has 7 nitrogen and oxygen atoms in total. The Kier molecular flexibility index (Phi) is 7.28. The predicted molar refractivity (Wildman–Crippen MR) is 105 cm³/mol. The number of amides is 4. The minimum atomic E-state index is -4.79. The standard InChI is InChI=1S/C20H27F3N4O3/c21-20(22,23)30-17-8-4-7-16(13-17)26-19(29)27-11-9-15(10-12-27)25-18(28)24-14-5-2-1-3-6-14/h4,7-8,13-15H,1-3,5-6,9-12H2,(H,26,29)(H2,24,25,28). The number of likely N-dealkylation sites (tertiary alicyclic amines) is 1. The van der Waals surface area contributed by atoms with Crippen molar-refractivity contribution >= 4 is 17.7 Å². The molecule has 1 aromatic rings. The van der Waals surface area contributed by atoms with Crippen LogP contribution in [0, 0.1) is 0 Å². The number of carbonyl (C=O) groups excluding carboxylic acids is 2. The van der Waals surface area contributed by atoms with Crippen LogP contribution in [0.25, 0.3) is 0 Å². The molecule has 166 valence electrons. The van der Waals surface area contributed by atoms with Gasteiger partial charge < -0.3 is 25.6 Å². The van der Waals surface area contributed by atoms with Crippen LogP contribution in [0.3, 0.4) is 0 Å². The van der Waals surface area contributed by atoms with Crippen molar-refractivity contribution in [3.8, 4) is 5.75 Å². The third-order valence-electron chi connectivity index (χ3n) is 5.38. The molecule has 2 aliphatic rings. The van der Waals surface area contributed by atoms with E-state index in [2.05, 4.69) is 20.7 Å². The van der Waals surface area contributed by atoms with Gasteiger partial charge in [0.05, 0.1) is 0 Å². The molecule has 0 atom stereocenters. The zero-order valence-electron chi connectivity index (χ0n) is 16.6. The second kappa shape index (κ2) is 9.90. The summed E-state index contributed by atoms with van der Waals surface area (Å²) in [4.78, 5) is 26.1. The van der Waals surface area contributed by atoms with Crippen molar-refractivity contribution in [1.82, 2.24) is 15.5 Å². The van der Waals surface area contributed by atoms with Crippen LogP contribution < -0.4 is 20.7 Å². The molecule has 1 aliphatic heterocycles. The van der Waals surface area contributed by atoms with E-state index in [-0.39, 0.29) is 23.8 Å². The first-order valence-corrected chi connectivity index (χ1v) is 10.3. The molecule has 0 bridgehead atoms. The Morgan fingerprint density at radius 3 is 2.23 bits per heavy atom. The average molecular weight is 428 g/mol. The van der Waals surface area contributed by atoms with Crippen LogP contribution in [0.5, 0.6) is 5.75 Å². The Hall–Kier alpha value is -2.65. The second-order valence-electron chi connectivity index (χ2n) is 7.72. The van der Waals surface area contributed by atoms with E-state index < -0.39 is 18.1 Å². The first kappa shape index (κ1) is 22.0. The second-order valence-corrected chi connectivity index (χ2v) is 7.72. The number of nitrogens with zero attached hydrogens (tertiary/aromatic N) is 1.